The van der Waals surface area contributed by atoms with E-state index in [1.54, 1.807) is 0 Å². The minimum atomic E-state index is -0.564. The van der Waals surface area contributed by atoms with Gasteiger partial charge in [0.1, 0.15) is 17.4 Å². The minimum absolute atomic E-state index is 0.136. The molecular weight excluding hydrogens is 228 g/mol. The van der Waals surface area contributed by atoms with Crippen molar-refractivity contribution in [3.8, 4) is 6.07 Å². The van der Waals surface area contributed by atoms with Crippen molar-refractivity contribution in [1.82, 2.24) is 5.32 Å². The molecule has 2 unspecified atom stereocenters. The number of aryl methyl sites for hydroxylation is 2. The average Bonchev–Trinajstić information content (AvgIpc) is 2.65. The van der Waals surface area contributed by atoms with Crippen molar-refractivity contribution in [3.05, 3.63) is 23.2 Å². The van der Waals surface area contributed by atoms with Crippen LogP contribution in [-0.4, -0.2) is 5.91 Å². The number of amides is 1. The summed E-state index contributed by atoms with van der Waals surface area (Å²) in [4.78, 5) is 11.9. The van der Waals surface area contributed by atoms with Crippen molar-refractivity contribution < 1.29 is 9.21 Å². The molecule has 0 radical (unpaired) electrons. The van der Waals surface area contributed by atoms with Crippen LogP contribution in [0.3, 0.4) is 0 Å². The topological polar surface area (TPSA) is 66.0 Å². The highest BCUT2D eigenvalue weighted by Gasteiger charge is 2.21. The third-order valence-corrected chi connectivity index (χ3v) is 2.95. The van der Waals surface area contributed by atoms with Gasteiger partial charge in [-0.05, 0) is 33.3 Å². The number of nitrogens with one attached hydrogen (secondary N) is 1. The van der Waals surface area contributed by atoms with Gasteiger partial charge in [0.2, 0.25) is 5.91 Å². The molecule has 4 nitrogen and oxygen atoms in total. The highest BCUT2D eigenvalue weighted by Crippen LogP contribution is 2.21. The third kappa shape index (κ3) is 3.36. The van der Waals surface area contributed by atoms with Crippen molar-refractivity contribution in [2.75, 3.05) is 0 Å². The Bertz CT molecular complexity index is 457. The lowest BCUT2D eigenvalue weighted by atomic mass is 10.0. The summed E-state index contributed by atoms with van der Waals surface area (Å²) < 4.78 is 5.44. The summed E-state index contributed by atoms with van der Waals surface area (Å²) in [6, 6.07) is 3.83. The molecule has 0 fully saturated rings. The van der Waals surface area contributed by atoms with Gasteiger partial charge in [0.05, 0.1) is 12.1 Å². The fourth-order valence-electron chi connectivity index (χ4n) is 2.02. The van der Waals surface area contributed by atoms with Gasteiger partial charge in [0.25, 0.3) is 0 Å². The molecule has 2 atom stereocenters. The Morgan fingerprint density at radius 1 is 1.56 bits per heavy atom. The van der Waals surface area contributed by atoms with Crippen molar-refractivity contribution in [3.63, 3.8) is 0 Å². The van der Waals surface area contributed by atoms with E-state index >= 15 is 0 Å². The maximum absolute atomic E-state index is 11.9. The van der Waals surface area contributed by atoms with E-state index in [1.807, 2.05) is 39.8 Å². The van der Waals surface area contributed by atoms with E-state index in [9.17, 15) is 4.79 Å². The predicted octanol–water partition coefficient (Wildman–Crippen LogP) is 3.01. The minimum Gasteiger partial charge on any atom is -0.466 e. The van der Waals surface area contributed by atoms with E-state index in [0.717, 1.165) is 23.5 Å². The quantitative estimate of drug-likeness (QED) is 0.871. The Kier molecular flexibility index (Phi) is 4.96. The zero-order valence-electron chi connectivity index (χ0n) is 11.4. The maximum atomic E-state index is 11.9. The summed E-state index contributed by atoms with van der Waals surface area (Å²) in [5.41, 5.74) is 0.967. The zero-order valence-corrected chi connectivity index (χ0v) is 11.4. The molecule has 0 aliphatic carbocycles. The Morgan fingerprint density at radius 2 is 2.22 bits per heavy atom. The second-order valence-corrected chi connectivity index (χ2v) is 4.57. The molecule has 4 heteroatoms. The van der Waals surface area contributed by atoms with Crippen molar-refractivity contribution in [2.45, 2.75) is 46.6 Å². The van der Waals surface area contributed by atoms with Crippen LogP contribution in [-0.2, 0) is 4.79 Å². The normalized spacial score (nSPS) is 13.7. The number of hydrogen-bond acceptors (Lipinski definition) is 3. The van der Waals surface area contributed by atoms with E-state index in [1.165, 1.54) is 0 Å². The SMILES string of the molecule is CCCC(C#N)C(=O)NC(C)c1cc(C)oc1C. The van der Waals surface area contributed by atoms with Crippen LogP contribution in [0.2, 0.25) is 0 Å². The Morgan fingerprint density at radius 3 is 2.67 bits per heavy atom. The predicted molar refractivity (Wildman–Crippen MR) is 68.8 cm³/mol. The highest BCUT2D eigenvalue weighted by atomic mass is 16.3. The number of furan rings is 1. The van der Waals surface area contributed by atoms with Crippen LogP contribution in [0, 0.1) is 31.1 Å². The molecule has 1 aromatic rings. The van der Waals surface area contributed by atoms with E-state index in [-0.39, 0.29) is 11.9 Å². The van der Waals surface area contributed by atoms with Crippen LogP contribution < -0.4 is 5.32 Å². The van der Waals surface area contributed by atoms with Crippen molar-refractivity contribution in [1.29, 1.82) is 5.26 Å². The largest absolute Gasteiger partial charge is 0.466 e. The third-order valence-electron chi connectivity index (χ3n) is 2.95. The molecule has 1 heterocycles. The van der Waals surface area contributed by atoms with Gasteiger partial charge in [-0.15, -0.1) is 0 Å². The van der Waals surface area contributed by atoms with Gasteiger partial charge >= 0.3 is 0 Å². The Labute approximate surface area is 108 Å². The first-order valence-electron chi connectivity index (χ1n) is 6.26. The van der Waals surface area contributed by atoms with E-state index < -0.39 is 5.92 Å². The molecular formula is C14H20N2O2. The fraction of sp³-hybridized carbons (Fsp3) is 0.571. The standard InChI is InChI=1S/C14H20N2O2/c1-5-6-12(8-15)14(17)16-10(3)13-7-9(2)18-11(13)4/h7,10,12H,5-6H2,1-4H3,(H,16,17). The molecule has 0 spiro atoms. The highest BCUT2D eigenvalue weighted by molar-refractivity contribution is 5.81. The van der Waals surface area contributed by atoms with Gasteiger partial charge < -0.3 is 9.73 Å². The van der Waals surface area contributed by atoms with Crippen LogP contribution in [0.25, 0.3) is 0 Å². The molecule has 1 rings (SSSR count). The summed E-state index contributed by atoms with van der Waals surface area (Å²) >= 11 is 0. The monoisotopic (exact) mass is 248 g/mol. The van der Waals surface area contributed by atoms with Crippen molar-refractivity contribution in [2.24, 2.45) is 5.92 Å². The average molecular weight is 248 g/mol. The van der Waals surface area contributed by atoms with Gasteiger partial charge in [-0.1, -0.05) is 13.3 Å². The molecule has 1 N–H and O–H groups in total. The van der Waals surface area contributed by atoms with Gasteiger partial charge in [-0.3, -0.25) is 4.79 Å². The van der Waals surface area contributed by atoms with Crippen LogP contribution >= 0.6 is 0 Å². The van der Waals surface area contributed by atoms with Crippen LogP contribution in [0.15, 0.2) is 10.5 Å². The first kappa shape index (κ1) is 14.3. The maximum Gasteiger partial charge on any atom is 0.237 e. The van der Waals surface area contributed by atoms with Crippen LogP contribution in [0.5, 0.6) is 0 Å². The lowest BCUT2D eigenvalue weighted by Crippen LogP contribution is -2.32. The molecule has 1 amide bonds. The lowest BCUT2D eigenvalue weighted by Gasteiger charge is -2.15. The molecule has 98 valence electrons. The first-order chi connectivity index (χ1) is 8.49. The molecule has 1 aromatic heterocycles. The Balaban J connectivity index is 2.70. The molecule has 0 saturated carbocycles. The Hall–Kier alpha value is -1.76. The number of rotatable bonds is 5. The number of carbonyl (C=O) groups excluding carboxylic acids is 1. The second kappa shape index (κ2) is 6.25. The summed E-state index contributed by atoms with van der Waals surface area (Å²) in [5.74, 6) is 0.870. The van der Waals surface area contributed by atoms with Crippen LogP contribution in [0.4, 0.5) is 0 Å². The van der Waals surface area contributed by atoms with Gasteiger partial charge in [0, 0.05) is 5.56 Å². The second-order valence-electron chi connectivity index (χ2n) is 4.57. The number of nitrogens with zero attached hydrogens (tertiary/aromatic N) is 1. The first-order valence-corrected chi connectivity index (χ1v) is 6.26. The van der Waals surface area contributed by atoms with Gasteiger partial charge in [0.15, 0.2) is 0 Å². The van der Waals surface area contributed by atoms with Crippen molar-refractivity contribution >= 4 is 5.91 Å². The number of carbonyl (C=O) groups is 1. The molecule has 0 bridgehead atoms. The van der Waals surface area contributed by atoms with E-state index in [0.29, 0.717) is 6.42 Å². The van der Waals surface area contributed by atoms with Crippen LogP contribution in [0.1, 0.15) is 49.8 Å². The lowest BCUT2D eigenvalue weighted by molar-refractivity contribution is -0.124. The smallest absolute Gasteiger partial charge is 0.237 e. The summed E-state index contributed by atoms with van der Waals surface area (Å²) in [6.45, 7) is 7.61. The zero-order chi connectivity index (χ0) is 13.7. The van der Waals surface area contributed by atoms with Gasteiger partial charge in [-0.25, -0.2) is 0 Å². The summed E-state index contributed by atoms with van der Waals surface area (Å²) in [6.07, 6.45) is 1.42. The van der Waals surface area contributed by atoms with E-state index in [4.69, 9.17) is 9.68 Å². The summed E-state index contributed by atoms with van der Waals surface area (Å²) in [7, 11) is 0. The molecule has 0 aliphatic heterocycles. The van der Waals surface area contributed by atoms with Gasteiger partial charge in [-0.2, -0.15) is 5.26 Å². The molecule has 0 aliphatic rings. The van der Waals surface area contributed by atoms with E-state index in [2.05, 4.69) is 5.32 Å². The number of nitriles is 1. The molecule has 18 heavy (non-hydrogen) atoms. The fourth-order valence-corrected chi connectivity index (χ4v) is 2.02. The molecule has 0 saturated heterocycles. The number of hydrogen-bond donors (Lipinski definition) is 1. The summed E-state index contributed by atoms with van der Waals surface area (Å²) in [5, 5.41) is 11.8. The molecule has 0 aromatic carbocycles.